The van der Waals surface area contributed by atoms with Crippen LogP contribution < -0.4 is 10.6 Å². The molecule has 2 N–H and O–H groups in total. The molecular weight excluding hydrogens is 349 g/mol. The first kappa shape index (κ1) is 17.8. The number of nitrogens with one attached hydrogen (secondary N) is 2. The van der Waals surface area contributed by atoms with Gasteiger partial charge in [0.05, 0.1) is 12.2 Å². The van der Waals surface area contributed by atoms with Crippen molar-refractivity contribution in [3.05, 3.63) is 29.6 Å². The normalized spacial score (nSPS) is 24.3. The maximum Gasteiger partial charge on any atom is 0.228 e. The number of anilines is 1. The number of piperidine rings is 1. The van der Waals surface area contributed by atoms with E-state index in [9.17, 15) is 22.4 Å². The molecule has 2 amide bonds. The molecule has 1 saturated heterocycles. The Morgan fingerprint density at radius 2 is 2.16 bits per heavy atom. The van der Waals surface area contributed by atoms with E-state index in [2.05, 4.69) is 10.6 Å². The summed E-state index contributed by atoms with van der Waals surface area (Å²) < 4.78 is 38.1. The summed E-state index contributed by atoms with van der Waals surface area (Å²) in [6.45, 7) is 0.666. The minimum absolute atomic E-state index is 0.0209. The van der Waals surface area contributed by atoms with E-state index in [1.54, 1.807) is 0 Å². The topological polar surface area (TPSA) is 95.6 Å². The van der Waals surface area contributed by atoms with Crippen LogP contribution in [-0.4, -0.2) is 49.9 Å². The first-order chi connectivity index (χ1) is 11.7. The molecule has 0 spiro atoms. The van der Waals surface area contributed by atoms with E-state index in [0.29, 0.717) is 30.6 Å². The van der Waals surface area contributed by atoms with Gasteiger partial charge in [0.25, 0.3) is 0 Å². The summed E-state index contributed by atoms with van der Waals surface area (Å²) >= 11 is 0. The van der Waals surface area contributed by atoms with Crippen LogP contribution in [0.3, 0.4) is 0 Å². The number of fused-ring (bicyclic) bond motifs is 1. The Morgan fingerprint density at radius 3 is 2.88 bits per heavy atom. The SMILES string of the molecule is CS(=O)(=O)N1CCCC(NC(=O)C2CC(=O)Nc3cc(F)ccc32)C1. The lowest BCUT2D eigenvalue weighted by atomic mass is 9.89. The summed E-state index contributed by atoms with van der Waals surface area (Å²) in [5.41, 5.74) is 0.868. The molecule has 1 aromatic carbocycles. The lowest BCUT2D eigenvalue weighted by Crippen LogP contribution is -2.50. The summed E-state index contributed by atoms with van der Waals surface area (Å²) in [4.78, 5) is 24.5. The summed E-state index contributed by atoms with van der Waals surface area (Å²) in [7, 11) is -3.31. The number of nitrogens with zero attached hydrogens (tertiary/aromatic N) is 1. The molecule has 25 heavy (non-hydrogen) atoms. The molecule has 2 heterocycles. The lowest BCUT2D eigenvalue weighted by Gasteiger charge is -2.33. The monoisotopic (exact) mass is 369 g/mol. The number of carbonyl (C=O) groups is 2. The highest BCUT2D eigenvalue weighted by Gasteiger charge is 2.33. The molecule has 0 bridgehead atoms. The molecule has 0 saturated carbocycles. The fourth-order valence-corrected chi connectivity index (χ4v) is 4.25. The molecule has 2 aliphatic rings. The third-order valence-electron chi connectivity index (χ3n) is 4.57. The Balaban J connectivity index is 1.75. The van der Waals surface area contributed by atoms with Crippen LogP contribution in [0.25, 0.3) is 0 Å². The molecule has 9 heteroatoms. The fourth-order valence-electron chi connectivity index (χ4n) is 3.33. The zero-order chi connectivity index (χ0) is 18.2. The van der Waals surface area contributed by atoms with E-state index < -0.39 is 21.8 Å². The van der Waals surface area contributed by atoms with Gasteiger partial charge in [-0.2, -0.15) is 0 Å². The van der Waals surface area contributed by atoms with Gasteiger partial charge in [-0.15, -0.1) is 0 Å². The van der Waals surface area contributed by atoms with Crippen molar-refractivity contribution in [1.29, 1.82) is 0 Å². The van der Waals surface area contributed by atoms with Gasteiger partial charge in [-0.25, -0.2) is 17.1 Å². The highest BCUT2D eigenvalue weighted by atomic mass is 32.2. The molecule has 3 rings (SSSR count). The van der Waals surface area contributed by atoms with Gasteiger partial charge in [0.15, 0.2) is 0 Å². The van der Waals surface area contributed by atoms with Gasteiger partial charge >= 0.3 is 0 Å². The van der Waals surface area contributed by atoms with Crippen LogP contribution in [0, 0.1) is 5.82 Å². The van der Waals surface area contributed by atoms with E-state index in [0.717, 1.165) is 6.26 Å². The minimum atomic E-state index is -3.31. The van der Waals surface area contributed by atoms with Gasteiger partial charge in [0, 0.05) is 31.2 Å². The third-order valence-corrected chi connectivity index (χ3v) is 5.84. The van der Waals surface area contributed by atoms with Crippen LogP contribution >= 0.6 is 0 Å². The molecule has 2 atom stereocenters. The van der Waals surface area contributed by atoms with E-state index in [4.69, 9.17) is 0 Å². The highest BCUT2D eigenvalue weighted by Crippen LogP contribution is 2.33. The molecule has 2 aliphatic heterocycles. The van der Waals surface area contributed by atoms with Crippen molar-refractivity contribution < 1.29 is 22.4 Å². The Kier molecular flexibility index (Phi) is 4.79. The summed E-state index contributed by atoms with van der Waals surface area (Å²) in [6.07, 6.45) is 2.46. The number of halogens is 1. The van der Waals surface area contributed by atoms with Crippen LogP contribution in [-0.2, 0) is 19.6 Å². The molecule has 2 unspecified atom stereocenters. The van der Waals surface area contributed by atoms with Gasteiger partial charge in [-0.05, 0) is 30.5 Å². The third kappa shape index (κ3) is 3.98. The van der Waals surface area contributed by atoms with E-state index in [1.807, 2.05) is 0 Å². The Labute approximate surface area is 145 Å². The van der Waals surface area contributed by atoms with Crippen LogP contribution in [0.1, 0.15) is 30.7 Å². The van der Waals surface area contributed by atoms with Crippen molar-refractivity contribution in [2.45, 2.75) is 31.2 Å². The predicted molar refractivity (Wildman–Crippen MR) is 90.0 cm³/mol. The molecule has 0 aliphatic carbocycles. The number of amides is 2. The molecule has 0 radical (unpaired) electrons. The smallest absolute Gasteiger partial charge is 0.228 e. The standard InChI is InChI=1S/C16H20FN3O4S/c1-25(23,24)20-6-2-3-11(9-20)18-16(22)13-8-15(21)19-14-7-10(17)4-5-12(13)14/h4-5,7,11,13H,2-3,6,8-9H2,1H3,(H,18,22)(H,19,21). The zero-order valence-corrected chi connectivity index (χ0v) is 14.6. The highest BCUT2D eigenvalue weighted by molar-refractivity contribution is 7.88. The number of carbonyl (C=O) groups excluding carboxylic acids is 2. The summed E-state index contributed by atoms with van der Waals surface area (Å²) in [5.74, 6) is -1.89. The maximum absolute atomic E-state index is 13.4. The summed E-state index contributed by atoms with van der Waals surface area (Å²) in [5, 5.41) is 5.42. The van der Waals surface area contributed by atoms with Crippen LogP contribution in [0.2, 0.25) is 0 Å². The van der Waals surface area contributed by atoms with E-state index in [1.165, 1.54) is 22.5 Å². The van der Waals surface area contributed by atoms with Crippen molar-refractivity contribution in [2.24, 2.45) is 0 Å². The van der Waals surface area contributed by atoms with Crippen molar-refractivity contribution in [2.75, 3.05) is 24.7 Å². The lowest BCUT2D eigenvalue weighted by molar-refractivity contribution is -0.127. The minimum Gasteiger partial charge on any atom is -0.351 e. The van der Waals surface area contributed by atoms with Crippen LogP contribution in [0.4, 0.5) is 10.1 Å². The number of rotatable bonds is 3. The summed E-state index contributed by atoms with van der Waals surface area (Å²) in [6, 6.07) is 3.64. The van der Waals surface area contributed by atoms with Crippen LogP contribution in [0.5, 0.6) is 0 Å². The van der Waals surface area contributed by atoms with Crippen molar-refractivity contribution in [3.63, 3.8) is 0 Å². The largest absolute Gasteiger partial charge is 0.351 e. The fraction of sp³-hybridized carbons (Fsp3) is 0.500. The number of benzene rings is 1. The number of sulfonamides is 1. The van der Waals surface area contributed by atoms with Gasteiger partial charge < -0.3 is 10.6 Å². The second-order valence-electron chi connectivity index (χ2n) is 6.51. The Morgan fingerprint density at radius 1 is 1.40 bits per heavy atom. The maximum atomic E-state index is 13.4. The van der Waals surface area contributed by atoms with E-state index >= 15 is 0 Å². The average molecular weight is 369 g/mol. The first-order valence-corrected chi connectivity index (χ1v) is 9.93. The number of hydrogen-bond acceptors (Lipinski definition) is 4. The van der Waals surface area contributed by atoms with Gasteiger partial charge in [0.2, 0.25) is 21.8 Å². The van der Waals surface area contributed by atoms with Gasteiger partial charge in [-0.1, -0.05) is 6.07 Å². The molecular formula is C16H20FN3O4S. The zero-order valence-electron chi connectivity index (χ0n) is 13.8. The van der Waals surface area contributed by atoms with Gasteiger partial charge in [0.1, 0.15) is 5.82 Å². The van der Waals surface area contributed by atoms with Gasteiger partial charge in [-0.3, -0.25) is 9.59 Å². The molecule has 1 fully saturated rings. The van der Waals surface area contributed by atoms with Crippen molar-refractivity contribution in [1.82, 2.24) is 9.62 Å². The Bertz CT molecular complexity index is 812. The molecule has 7 nitrogen and oxygen atoms in total. The molecule has 0 aromatic heterocycles. The van der Waals surface area contributed by atoms with Crippen molar-refractivity contribution >= 4 is 27.5 Å². The quantitative estimate of drug-likeness (QED) is 0.824. The number of hydrogen-bond donors (Lipinski definition) is 2. The molecule has 136 valence electrons. The molecule has 1 aromatic rings. The second-order valence-corrected chi connectivity index (χ2v) is 8.49. The second kappa shape index (κ2) is 6.72. The first-order valence-electron chi connectivity index (χ1n) is 8.09. The van der Waals surface area contributed by atoms with Crippen molar-refractivity contribution in [3.8, 4) is 0 Å². The predicted octanol–water partition coefficient (Wildman–Crippen LogP) is 0.792. The average Bonchev–Trinajstić information content (AvgIpc) is 2.53. The van der Waals surface area contributed by atoms with E-state index in [-0.39, 0.29) is 30.8 Å². The van der Waals surface area contributed by atoms with Crippen LogP contribution in [0.15, 0.2) is 18.2 Å². The Hall–Kier alpha value is -2.00.